The summed E-state index contributed by atoms with van der Waals surface area (Å²) >= 11 is 0. The third-order valence-electron chi connectivity index (χ3n) is 2.23. The molecule has 0 spiro atoms. The number of furan rings is 1. The Morgan fingerprint density at radius 3 is 2.75 bits per heavy atom. The molecule has 0 saturated heterocycles. The van der Waals surface area contributed by atoms with Crippen molar-refractivity contribution in [1.29, 1.82) is 0 Å². The lowest BCUT2D eigenvalue weighted by atomic mass is 10.2. The van der Waals surface area contributed by atoms with Crippen LogP contribution in [0.5, 0.6) is 0 Å². The van der Waals surface area contributed by atoms with Crippen molar-refractivity contribution in [1.82, 2.24) is 0 Å². The van der Waals surface area contributed by atoms with E-state index in [1.165, 1.54) is 6.07 Å². The third-order valence-corrected chi connectivity index (χ3v) is 3.58. The summed E-state index contributed by atoms with van der Waals surface area (Å²) in [6.07, 6.45) is 1.92. The van der Waals surface area contributed by atoms with Gasteiger partial charge in [0.05, 0.1) is 5.75 Å². The fourth-order valence-corrected chi connectivity index (χ4v) is 2.58. The Morgan fingerprint density at radius 1 is 1.56 bits per heavy atom. The predicted octanol–water partition coefficient (Wildman–Crippen LogP) is 2.34. The van der Waals surface area contributed by atoms with Crippen LogP contribution in [0.4, 0.5) is 0 Å². The minimum Gasteiger partial charge on any atom is -0.478 e. The van der Waals surface area contributed by atoms with Crippen molar-refractivity contribution in [3.63, 3.8) is 0 Å². The molecule has 1 atom stereocenters. The maximum Gasteiger partial charge on any atom is 0.339 e. The fourth-order valence-electron chi connectivity index (χ4n) is 1.36. The molecule has 0 aliphatic heterocycles. The van der Waals surface area contributed by atoms with Crippen LogP contribution in [0, 0.1) is 6.92 Å². The molecular weight excluding hydrogens is 228 g/mol. The van der Waals surface area contributed by atoms with E-state index >= 15 is 0 Å². The van der Waals surface area contributed by atoms with Crippen LogP contribution in [0.2, 0.25) is 0 Å². The topological polar surface area (TPSA) is 67.5 Å². The molecule has 1 N–H and O–H groups in total. The van der Waals surface area contributed by atoms with Gasteiger partial charge in [-0.05, 0) is 19.4 Å². The summed E-state index contributed by atoms with van der Waals surface area (Å²) in [6, 6.07) is 1.46. The standard InChI is InChI=1S/C11H16O4S/c1-3-4-5-16(14)7-9-6-10(11(12)13)8(2)15-9/h6H,3-5,7H2,1-2H3,(H,12,13). The van der Waals surface area contributed by atoms with Crippen molar-refractivity contribution in [2.24, 2.45) is 0 Å². The lowest BCUT2D eigenvalue weighted by Crippen LogP contribution is -2.00. The first-order chi connectivity index (χ1) is 7.54. The molecule has 1 unspecified atom stereocenters. The van der Waals surface area contributed by atoms with Crippen LogP contribution in [0.15, 0.2) is 10.5 Å². The van der Waals surface area contributed by atoms with Gasteiger partial charge in [0.25, 0.3) is 0 Å². The van der Waals surface area contributed by atoms with Gasteiger partial charge in [-0.15, -0.1) is 0 Å². The second-order valence-electron chi connectivity index (χ2n) is 3.63. The highest BCUT2D eigenvalue weighted by Crippen LogP contribution is 2.16. The lowest BCUT2D eigenvalue weighted by Gasteiger charge is -1.97. The molecule has 0 radical (unpaired) electrons. The monoisotopic (exact) mass is 244 g/mol. The quantitative estimate of drug-likeness (QED) is 0.834. The van der Waals surface area contributed by atoms with Crippen molar-refractivity contribution in [3.05, 3.63) is 23.2 Å². The smallest absolute Gasteiger partial charge is 0.339 e. The van der Waals surface area contributed by atoms with Crippen molar-refractivity contribution < 1.29 is 18.5 Å². The van der Waals surface area contributed by atoms with Crippen LogP contribution in [0.3, 0.4) is 0 Å². The van der Waals surface area contributed by atoms with Gasteiger partial charge in [0.2, 0.25) is 0 Å². The molecule has 16 heavy (non-hydrogen) atoms. The molecule has 0 aromatic carbocycles. The van der Waals surface area contributed by atoms with Crippen molar-refractivity contribution >= 4 is 16.8 Å². The Balaban J connectivity index is 2.64. The van der Waals surface area contributed by atoms with E-state index < -0.39 is 16.8 Å². The van der Waals surface area contributed by atoms with Gasteiger partial charge in [-0.2, -0.15) is 0 Å². The number of aromatic carboxylic acids is 1. The SMILES string of the molecule is CCCCS(=O)Cc1cc(C(=O)O)c(C)o1. The second kappa shape index (κ2) is 5.84. The van der Waals surface area contributed by atoms with Gasteiger partial charge in [-0.1, -0.05) is 13.3 Å². The summed E-state index contributed by atoms with van der Waals surface area (Å²) in [5.41, 5.74) is 0.155. The molecule has 1 heterocycles. The molecule has 0 aliphatic carbocycles. The molecule has 5 heteroatoms. The normalized spacial score (nSPS) is 12.6. The van der Waals surface area contributed by atoms with Crippen LogP contribution in [-0.2, 0) is 16.6 Å². The van der Waals surface area contributed by atoms with Gasteiger partial charge in [0.1, 0.15) is 17.1 Å². The molecule has 90 valence electrons. The zero-order chi connectivity index (χ0) is 12.1. The zero-order valence-electron chi connectivity index (χ0n) is 9.49. The van der Waals surface area contributed by atoms with Crippen molar-refractivity contribution in [2.45, 2.75) is 32.4 Å². The predicted molar refractivity (Wildman–Crippen MR) is 62.0 cm³/mol. The Bertz CT molecular complexity index is 395. The number of rotatable bonds is 6. The largest absolute Gasteiger partial charge is 0.478 e. The number of hydrogen-bond acceptors (Lipinski definition) is 3. The highest BCUT2D eigenvalue weighted by Gasteiger charge is 2.14. The van der Waals surface area contributed by atoms with Gasteiger partial charge >= 0.3 is 5.97 Å². The van der Waals surface area contributed by atoms with Gasteiger partial charge in [-0.25, -0.2) is 4.79 Å². The van der Waals surface area contributed by atoms with E-state index in [2.05, 4.69) is 0 Å². The van der Waals surface area contributed by atoms with Crippen LogP contribution in [-0.4, -0.2) is 21.0 Å². The molecule has 4 nitrogen and oxygen atoms in total. The maximum absolute atomic E-state index is 11.6. The number of unbranched alkanes of at least 4 members (excludes halogenated alkanes) is 1. The molecule has 0 amide bonds. The molecule has 1 rings (SSSR count). The number of hydrogen-bond donors (Lipinski definition) is 1. The lowest BCUT2D eigenvalue weighted by molar-refractivity contribution is 0.0695. The highest BCUT2D eigenvalue weighted by atomic mass is 32.2. The minimum atomic E-state index is -1.01. The average molecular weight is 244 g/mol. The zero-order valence-corrected chi connectivity index (χ0v) is 10.3. The highest BCUT2D eigenvalue weighted by molar-refractivity contribution is 7.84. The number of carboxylic acids is 1. The van der Waals surface area contributed by atoms with E-state index in [0.717, 1.165) is 12.8 Å². The van der Waals surface area contributed by atoms with Crippen LogP contribution < -0.4 is 0 Å². The molecular formula is C11H16O4S. The van der Waals surface area contributed by atoms with Gasteiger partial charge < -0.3 is 9.52 Å². The molecule has 0 fully saturated rings. The summed E-state index contributed by atoms with van der Waals surface area (Å²) in [7, 11) is -0.966. The number of carboxylic acid groups (broad SMARTS) is 1. The summed E-state index contributed by atoms with van der Waals surface area (Å²) in [5.74, 6) is 0.790. The maximum atomic E-state index is 11.6. The third kappa shape index (κ3) is 3.48. The van der Waals surface area contributed by atoms with E-state index in [0.29, 0.717) is 23.0 Å². The van der Waals surface area contributed by atoms with Crippen molar-refractivity contribution in [2.75, 3.05) is 5.75 Å². The first-order valence-electron chi connectivity index (χ1n) is 5.22. The molecule has 1 aromatic heterocycles. The van der Waals surface area contributed by atoms with Crippen LogP contribution in [0.1, 0.15) is 41.6 Å². The summed E-state index contributed by atoms with van der Waals surface area (Å²) in [6.45, 7) is 3.64. The van der Waals surface area contributed by atoms with Gasteiger partial charge in [0.15, 0.2) is 0 Å². The Kier molecular flexibility index (Phi) is 4.73. The van der Waals surface area contributed by atoms with E-state index in [-0.39, 0.29) is 5.56 Å². The molecule has 0 bridgehead atoms. The van der Waals surface area contributed by atoms with Crippen LogP contribution >= 0.6 is 0 Å². The van der Waals surface area contributed by atoms with E-state index in [1.54, 1.807) is 6.92 Å². The average Bonchev–Trinajstić information content (AvgIpc) is 2.56. The summed E-state index contributed by atoms with van der Waals surface area (Å²) in [4.78, 5) is 10.8. The number of carbonyl (C=O) groups is 1. The summed E-state index contributed by atoms with van der Waals surface area (Å²) in [5, 5.41) is 8.82. The molecule has 1 aromatic rings. The van der Waals surface area contributed by atoms with Gasteiger partial charge in [-0.3, -0.25) is 4.21 Å². The van der Waals surface area contributed by atoms with Crippen molar-refractivity contribution in [3.8, 4) is 0 Å². The van der Waals surface area contributed by atoms with Crippen LogP contribution in [0.25, 0.3) is 0 Å². The van der Waals surface area contributed by atoms with Gasteiger partial charge in [0, 0.05) is 16.6 Å². The van der Waals surface area contributed by atoms with E-state index in [1.807, 2.05) is 6.92 Å². The first kappa shape index (κ1) is 13.0. The minimum absolute atomic E-state index is 0.155. The Labute approximate surface area is 97.1 Å². The second-order valence-corrected chi connectivity index (χ2v) is 5.21. The Morgan fingerprint density at radius 2 is 2.25 bits per heavy atom. The molecule has 0 aliphatic rings. The number of aryl methyl sites for hydroxylation is 1. The van der Waals surface area contributed by atoms with E-state index in [4.69, 9.17) is 9.52 Å². The fraction of sp³-hybridized carbons (Fsp3) is 0.545. The molecule has 0 saturated carbocycles. The first-order valence-corrected chi connectivity index (χ1v) is 6.71. The Hall–Kier alpha value is -1.10. The summed E-state index contributed by atoms with van der Waals surface area (Å²) < 4.78 is 16.8. The van der Waals surface area contributed by atoms with E-state index in [9.17, 15) is 9.00 Å².